The van der Waals surface area contributed by atoms with Gasteiger partial charge in [-0.1, -0.05) is 36.4 Å². The number of anilines is 1. The number of ether oxygens (including phenoxy) is 3. The van der Waals surface area contributed by atoms with Gasteiger partial charge in [-0.25, -0.2) is 4.39 Å². The maximum Gasteiger partial charge on any atom is 0.262 e. The zero-order valence-corrected chi connectivity index (χ0v) is 21.3. The highest BCUT2D eigenvalue weighted by atomic mass is 19.1. The van der Waals surface area contributed by atoms with Crippen LogP contribution >= 0.6 is 0 Å². The predicted octanol–water partition coefficient (Wildman–Crippen LogP) is 5.06. The van der Waals surface area contributed by atoms with Crippen LogP contribution in [0.3, 0.4) is 0 Å². The number of likely N-dealkylation sites (tertiary alicyclic amines) is 1. The first-order chi connectivity index (χ1) is 18.6. The number of alkyl halides is 1. The number of methoxy groups -OCH3 is 1. The number of halogens is 1. The molecule has 0 aliphatic carbocycles. The average molecular weight is 519 g/mol. The van der Waals surface area contributed by atoms with E-state index in [1.165, 1.54) is 5.56 Å². The molecule has 0 unspecified atom stereocenters. The fraction of sp³-hybridized carbons (Fsp3) is 0.333. The molecule has 3 aromatic rings. The van der Waals surface area contributed by atoms with E-state index in [2.05, 4.69) is 17.4 Å². The molecule has 1 fully saturated rings. The molecular weight excluding hydrogens is 487 g/mol. The van der Waals surface area contributed by atoms with E-state index in [0.717, 1.165) is 18.4 Å². The summed E-state index contributed by atoms with van der Waals surface area (Å²) < 4.78 is 29.1. The predicted molar refractivity (Wildman–Crippen MR) is 142 cm³/mol. The number of amides is 2. The maximum atomic E-state index is 13.3. The molecular formula is C30H31FN2O5. The minimum absolute atomic E-state index is 0.0182. The highest BCUT2D eigenvalue weighted by Crippen LogP contribution is 2.41. The van der Waals surface area contributed by atoms with Gasteiger partial charge in [0.05, 0.1) is 12.8 Å². The van der Waals surface area contributed by atoms with E-state index in [4.69, 9.17) is 14.2 Å². The smallest absolute Gasteiger partial charge is 0.262 e. The number of rotatable bonds is 8. The molecule has 2 aliphatic rings. The summed E-state index contributed by atoms with van der Waals surface area (Å²) in [5.41, 5.74) is 3.35. The average Bonchev–Trinajstić information content (AvgIpc) is 2.96. The molecule has 38 heavy (non-hydrogen) atoms. The molecule has 1 atom stereocenters. The first-order valence-corrected chi connectivity index (χ1v) is 12.8. The number of nitrogens with one attached hydrogen (secondary N) is 1. The number of benzene rings is 3. The molecule has 0 bridgehead atoms. The van der Waals surface area contributed by atoms with Crippen molar-refractivity contribution in [1.29, 1.82) is 0 Å². The number of fused-ring (bicyclic) bond motifs is 1. The molecule has 8 heteroatoms. The molecule has 0 spiro atoms. The fourth-order valence-corrected chi connectivity index (χ4v) is 5.38. The van der Waals surface area contributed by atoms with Gasteiger partial charge in [-0.3, -0.25) is 9.59 Å². The van der Waals surface area contributed by atoms with Gasteiger partial charge >= 0.3 is 0 Å². The minimum Gasteiger partial charge on any atom is -0.493 e. The lowest BCUT2D eigenvalue weighted by Gasteiger charge is -2.37. The second kappa shape index (κ2) is 11.5. The van der Waals surface area contributed by atoms with Gasteiger partial charge in [0.15, 0.2) is 18.1 Å². The van der Waals surface area contributed by atoms with Crippen molar-refractivity contribution in [3.63, 3.8) is 0 Å². The number of carbonyl (C=O) groups excluding carboxylic acids is 2. The third-order valence-corrected chi connectivity index (χ3v) is 7.20. The van der Waals surface area contributed by atoms with Crippen LogP contribution < -0.4 is 19.5 Å². The highest BCUT2D eigenvalue weighted by molar-refractivity contribution is 5.99. The number of carbonyl (C=O) groups is 2. The van der Waals surface area contributed by atoms with Crippen LogP contribution in [0.15, 0.2) is 66.7 Å². The monoisotopic (exact) mass is 518 g/mol. The highest BCUT2D eigenvalue weighted by Gasteiger charge is 2.32. The number of piperidine rings is 1. The van der Waals surface area contributed by atoms with E-state index in [1.54, 1.807) is 25.3 Å². The molecule has 2 heterocycles. The van der Waals surface area contributed by atoms with Crippen molar-refractivity contribution in [1.82, 2.24) is 4.90 Å². The van der Waals surface area contributed by atoms with Crippen molar-refractivity contribution in [2.24, 2.45) is 5.92 Å². The normalized spacial score (nSPS) is 16.2. The summed E-state index contributed by atoms with van der Waals surface area (Å²) in [6, 6.07) is 21.3. The Morgan fingerprint density at radius 1 is 1.05 bits per heavy atom. The molecule has 198 valence electrons. The molecule has 2 amide bonds. The van der Waals surface area contributed by atoms with E-state index in [9.17, 15) is 14.0 Å². The third-order valence-electron chi connectivity index (χ3n) is 7.20. The maximum absolute atomic E-state index is 13.3. The van der Waals surface area contributed by atoms with Crippen LogP contribution in [0, 0.1) is 5.92 Å². The largest absolute Gasteiger partial charge is 0.493 e. The first-order valence-electron chi connectivity index (χ1n) is 12.8. The molecule has 5 rings (SSSR count). The van der Waals surface area contributed by atoms with Crippen LogP contribution in [0.4, 0.5) is 10.1 Å². The van der Waals surface area contributed by atoms with Gasteiger partial charge < -0.3 is 24.4 Å². The summed E-state index contributed by atoms with van der Waals surface area (Å²) in [6.45, 7) is 0.648. The van der Waals surface area contributed by atoms with Gasteiger partial charge in [-0.15, -0.1) is 0 Å². The zero-order valence-electron chi connectivity index (χ0n) is 21.3. The molecule has 2 aliphatic heterocycles. The molecule has 7 nitrogen and oxygen atoms in total. The van der Waals surface area contributed by atoms with Crippen molar-refractivity contribution in [2.45, 2.75) is 18.8 Å². The number of hydrogen-bond donors (Lipinski definition) is 1. The number of nitrogens with zero attached hydrogens (tertiary/aromatic N) is 1. The van der Waals surface area contributed by atoms with Crippen LogP contribution in [-0.2, 0) is 4.79 Å². The molecule has 1 N–H and O–H groups in total. The van der Waals surface area contributed by atoms with Gasteiger partial charge in [0.1, 0.15) is 19.0 Å². The third kappa shape index (κ3) is 5.44. The summed E-state index contributed by atoms with van der Waals surface area (Å²) in [6.07, 6.45) is 1.66. The van der Waals surface area contributed by atoms with E-state index in [0.29, 0.717) is 47.5 Å². The lowest BCUT2D eigenvalue weighted by Crippen LogP contribution is -2.40. The Bertz CT molecular complexity index is 1290. The van der Waals surface area contributed by atoms with Crippen LogP contribution in [0.2, 0.25) is 0 Å². The Balaban J connectivity index is 1.34. The SMILES string of the molecule is COc1cc([C@@H](c2ccccc2)C2CCN(C(=O)c3ccc4c(c3)NC(=O)CO4)CC2)ccc1OCCF. The summed E-state index contributed by atoms with van der Waals surface area (Å²) in [7, 11) is 1.58. The van der Waals surface area contributed by atoms with Crippen molar-refractivity contribution < 1.29 is 28.2 Å². The van der Waals surface area contributed by atoms with Gasteiger partial charge in [0.2, 0.25) is 0 Å². The Kier molecular flexibility index (Phi) is 7.77. The van der Waals surface area contributed by atoms with Crippen LogP contribution in [0.5, 0.6) is 17.2 Å². The van der Waals surface area contributed by atoms with Gasteiger partial charge in [0, 0.05) is 24.6 Å². The van der Waals surface area contributed by atoms with E-state index >= 15 is 0 Å². The Morgan fingerprint density at radius 2 is 1.84 bits per heavy atom. The first kappa shape index (κ1) is 25.6. The molecule has 0 aromatic heterocycles. The molecule has 1 saturated heterocycles. The van der Waals surface area contributed by atoms with Crippen LogP contribution in [-0.4, -0.2) is 56.8 Å². The molecule has 0 saturated carbocycles. The lowest BCUT2D eigenvalue weighted by atomic mass is 9.76. The Labute approximate surface area is 221 Å². The van der Waals surface area contributed by atoms with E-state index in [-0.39, 0.29) is 30.9 Å². The van der Waals surface area contributed by atoms with Crippen molar-refractivity contribution in [3.8, 4) is 17.2 Å². The summed E-state index contributed by atoms with van der Waals surface area (Å²) in [4.78, 5) is 26.9. The fourth-order valence-electron chi connectivity index (χ4n) is 5.38. The second-order valence-electron chi connectivity index (χ2n) is 9.51. The van der Waals surface area contributed by atoms with E-state index < -0.39 is 6.67 Å². The minimum atomic E-state index is -0.567. The van der Waals surface area contributed by atoms with Gasteiger partial charge in [0.25, 0.3) is 11.8 Å². The lowest BCUT2D eigenvalue weighted by molar-refractivity contribution is -0.118. The van der Waals surface area contributed by atoms with Crippen molar-refractivity contribution >= 4 is 17.5 Å². The quantitative estimate of drug-likeness (QED) is 0.451. The zero-order chi connectivity index (χ0) is 26.5. The molecule has 3 aromatic carbocycles. The van der Waals surface area contributed by atoms with Crippen molar-refractivity contribution in [3.05, 3.63) is 83.4 Å². The Morgan fingerprint density at radius 3 is 2.58 bits per heavy atom. The summed E-state index contributed by atoms with van der Waals surface area (Å²) in [5.74, 6) is 1.79. The topological polar surface area (TPSA) is 77.1 Å². The summed E-state index contributed by atoms with van der Waals surface area (Å²) in [5, 5.41) is 2.77. The Hall–Kier alpha value is -4.07. The number of hydrogen-bond acceptors (Lipinski definition) is 5. The summed E-state index contributed by atoms with van der Waals surface area (Å²) >= 11 is 0. The van der Waals surface area contributed by atoms with E-state index in [1.807, 2.05) is 41.3 Å². The van der Waals surface area contributed by atoms with Gasteiger partial charge in [-0.05, 0) is 60.2 Å². The standard InChI is InChI=1S/C30H31FN2O5/c1-36-27-18-22(7-10-26(27)37-16-13-31)29(20-5-3-2-4-6-20)21-11-14-33(15-12-21)30(35)23-8-9-25-24(17-23)32-28(34)19-38-25/h2-10,17-18,21,29H,11-16,19H2,1H3,(H,32,34)/t29-/m0/s1. The molecule has 0 radical (unpaired) electrons. The van der Waals surface area contributed by atoms with Crippen LogP contribution in [0.25, 0.3) is 0 Å². The van der Waals surface area contributed by atoms with Crippen LogP contribution in [0.1, 0.15) is 40.2 Å². The second-order valence-corrected chi connectivity index (χ2v) is 9.51. The van der Waals surface area contributed by atoms with Gasteiger partial charge in [-0.2, -0.15) is 0 Å². The van der Waals surface area contributed by atoms with Crippen molar-refractivity contribution in [2.75, 3.05) is 45.4 Å².